The van der Waals surface area contributed by atoms with Crippen LogP contribution < -0.4 is 5.73 Å². The van der Waals surface area contributed by atoms with Crippen LogP contribution in [0.5, 0.6) is 0 Å². The zero-order valence-electron chi connectivity index (χ0n) is 23.8. The summed E-state index contributed by atoms with van der Waals surface area (Å²) < 4.78 is 2.41. The molecule has 0 atom stereocenters. The van der Waals surface area contributed by atoms with Gasteiger partial charge in [-0.25, -0.2) is 0 Å². The highest BCUT2D eigenvalue weighted by atomic mass is 15.0. The van der Waals surface area contributed by atoms with Crippen molar-refractivity contribution in [1.82, 2.24) is 9.55 Å². The summed E-state index contributed by atoms with van der Waals surface area (Å²) in [7, 11) is 0. The maximum Gasteiger partial charge on any atom is 0.0702 e. The number of aromatic nitrogens is 2. The van der Waals surface area contributed by atoms with Crippen LogP contribution in [0.15, 0.2) is 145 Å². The highest BCUT2D eigenvalue weighted by molar-refractivity contribution is 6.19. The monoisotopic (exact) mass is 541 g/mol. The molecular formula is C39H31N3. The van der Waals surface area contributed by atoms with E-state index in [9.17, 15) is 0 Å². The third-order valence-electron chi connectivity index (χ3n) is 8.08. The Morgan fingerprint density at radius 1 is 0.690 bits per heavy atom. The average molecular weight is 542 g/mol. The molecule has 0 saturated heterocycles. The summed E-state index contributed by atoms with van der Waals surface area (Å²) in [4.78, 5) is 4.78. The molecule has 0 aliphatic heterocycles. The predicted octanol–water partition coefficient (Wildman–Crippen LogP) is 9.93. The molecule has 3 nitrogen and oxygen atoms in total. The van der Waals surface area contributed by atoms with Crippen molar-refractivity contribution in [3.05, 3.63) is 151 Å². The second-order valence-electron chi connectivity index (χ2n) is 10.7. The number of hydrogen-bond acceptors (Lipinski definition) is 2. The molecule has 42 heavy (non-hydrogen) atoms. The Labute approximate surface area is 245 Å². The molecule has 0 bridgehead atoms. The first kappa shape index (κ1) is 25.6. The Hall–Kier alpha value is -5.41. The summed E-state index contributed by atoms with van der Waals surface area (Å²) in [6, 6.07) is 43.3. The second-order valence-corrected chi connectivity index (χ2v) is 10.7. The van der Waals surface area contributed by atoms with Crippen molar-refractivity contribution in [2.75, 3.05) is 0 Å². The Morgan fingerprint density at radius 3 is 2.14 bits per heavy atom. The largest absolute Gasteiger partial charge is 0.398 e. The van der Waals surface area contributed by atoms with E-state index in [1.54, 1.807) is 0 Å². The van der Waals surface area contributed by atoms with E-state index in [1.807, 2.05) is 32.2 Å². The number of rotatable bonds is 5. The van der Waals surface area contributed by atoms with Gasteiger partial charge in [-0.1, -0.05) is 97.1 Å². The number of pyridine rings is 1. The van der Waals surface area contributed by atoms with Crippen LogP contribution in [0, 0.1) is 0 Å². The van der Waals surface area contributed by atoms with E-state index in [-0.39, 0.29) is 0 Å². The van der Waals surface area contributed by atoms with Gasteiger partial charge in [0.05, 0.1) is 16.7 Å². The lowest BCUT2D eigenvalue weighted by Gasteiger charge is -2.11. The van der Waals surface area contributed by atoms with E-state index in [0.717, 1.165) is 33.8 Å². The van der Waals surface area contributed by atoms with Crippen molar-refractivity contribution < 1.29 is 0 Å². The van der Waals surface area contributed by atoms with Crippen LogP contribution in [-0.4, -0.2) is 9.55 Å². The molecule has 7 rings (SSSR count). The first-order valence-corrected chi connectivity index (χ1v) is 14.3. The van der Waals surface area contributed by atoms with Crippen molar-refractivity contribution in [2.45, 2.75) is 13.8 Å². The number of nitrogens with zero attached hydrogens (tertiary/aromatic N) is 2. The van der Waals surface area contributed by atoms with Crippen LogP contribution in [0.3, 0.4) is 0 Å². The van der Waals surface area contributed by atoms with Gasteiger partial charge in [0.1, 0.15) is 0 Å². The molecule has 3 heteroatoms. The smallest absolute Gasteiger partial charge is 0.0702 e. The van der Waals surface area contributed by atoms with E-state index in [1.165, 1.54) is 43.7 Å². The molecule has 2 N–H and O–H groups in total. The molecule has 7 aromatic rings. The predicted molar refractivity (Wildman–Crippen MR) is 179 cm³/mol. The fourth-order valence-electron chi connectivity index (χ4n) is 5.94. The van der Waals surface area contributed by atoms with Crippen LogP contribution in [-0.2, 0) is 0 Å². The van der Waals surface area contributed by atoms with Gasteiger partial charge in [0.25, 0.3) is 0 Å². The van der Waals surface area contributed by atoms with Crippen molar-refractivity contribution in [3.63, 3.8) is 0 Å². The van der Waals surface area contributed by atoms with E-state index >= 15 is 0 Å². The summed E-state index contributed by atoms with van der Waals surface area (Å²) in [5.74, 6) is 0. The summed E-state index contributed by atoms with van der Waals surface area (Å²) in [6.45, 7) is 4.01. The molecule has 0 aliphatic rings. The fourth-order valence-corrected chi connectivity index (χ4v) is 5.94. The van der Waals surface area contributed by atoms with Gasteiger partial charge in [-0.15, -0.1) is 0 Å². The van der Waals surface area contributed by atoms with Crippen molar-refractivity contribution in [1.29, 1.82) is 0 Å². The first-order chi connectivity index (χ1) is 20.6. The van der Waals surface area contributed by atoms with Gasteiger partial charge in [-0.05, 0) is 72.3 Å². The molecular weight excluding hydrogens is 510 g/mol. The summed E-state index contributed by atoms with van der Waals surface area (Å²) >= 11 is 0. The molecule has 0 saturated carbocycles. The molecule has 202 valence electrons. The lowest BCUT2D eigenvalue weighted by Crippen LogP contribution is -2.00. The van der Waals surface area contributed by atoms with Crippen LogP contribution in [0.1, 0.15) is 19.4 Å². The lowest BCUT2D eigenvalue weighted by molar-refractivity contribution is 1.19. The van der Waals surface area contributed by atoms with Gasteiger partial charge in [0.15, 0.2) is 0 Å². The molecule has 2 heterocycles. The maximum atomic E-state index is 6.36. The summed E-state index contributed by atoms with van der Waals surface area (Å²) in [6.07, 6.45) is 5.88. The Balaban J connectivity index is 1.41. The summed E-state index contributed by atoms with van der Waals surface area (Å²) in [5.41, 5.74) is 17.1. The van der Waals surface area contributed by atoms with Gasteiger partial charge in [0, 0.05) is 44.9 Å². The molecule has 0 spiro atoms. The summed E-state index contributed by atoms with van der Waals surface area (Å²) in [5, 5.41) is 4.88. The quantitative estimate of drug-likeness (QED) is 0.220. The number of fused-ring (bicyclic) bond motifs is 5. The first-order valence-electron chi connectivity index (χ1n) is 14.3. The minimum Gasteiger partial charge on any atom is -0.398 e. The SMILES string of the molecule is C/C=C\C(C)=C(/N)c1ccc(-c2ccc3c(ccc4c5ccc(-c6ccccc6)cc5n(-c5ccccc5)c34)c2)nc1. The van der Waals surface area contributed by atoms with Crippen LogP contribution in [0.4, 0.5) is 0 Å². The molecule has 0 amide bonds. The zero-order valence-corrected chi connectivity index (χ0v) is 23.8. The minimum absolute atomic E-state index is 0.747. The van der Waals surface area contributed by atoms with Crippen LogP contribution >= 0.6 is 0 Å². The molecule has 2 aromatic heterocycles. The standard InChI is InChI=1S/C39H31N3/c1-3-10-26(2)38(40)31-18-22-36(41-25-31)30-17-19-33-29(23-30)16-21-35-34-20-15-28(27-11-6-4-7-12-27)24-37(34)42(39(33)35)32-13-8-5-9-14-32/h3-25H,40H2,1-2H3/b10-3-,38-26-. The van der Waals surface area contributed by atoms with Crippen LogP contribution in [0.25, 0.3) is 66.3 Å². The van der Waals surface area contributed by atoms with E-state index in [4.69, 9.17) is 10.7 Å². The van der Waals surface area contributed by atoms with Gasteiger partial charge >= 0.3 is 0 Å². The molecule has 5 aromatic carbocycles. The Morgan fingerprint density at radius 2 is 1.40 bits per heavy atom. The van der Waals surface area contributed by atoms with Crippen molar-refractivity contribution in [3.8, 4) is 28.1 Å². The highest BCUT2D eigenvalue weighted by Crippen LogP contribution is 2.39. The highest BCUT2D eigenvalue weighted by Gasteiger charge is 2.16. The second kappa shape index (κ2) is 10.5. The topological polar surface area (TPSA) is 43.8 Å². The van der Waals surface area contributed by atoms with Gasteiger partial charge in [-0.3, -0.25) is 4.98 Å². The van der Waals surface area contributed by atoms with E-state index in [0.29, 0.717) is 0 Å². The van der Waals surface area contributed by atoms with Crippen molar-refractivity contribution >= 4 is 38.3 Å². The average Bonchev–Trinajstić information content (AvgIpc) is 3.39. The number of para-hydroxylation sites is 1. The third kappa shape index (κ3) is 4.36. The van der Waals surface area contributed by atoms with Gasteiger partial charge in [0.2, 0.25) is 0 Å². The maximum absolute atomic E-state index is 6.36. The molecule has 0 radical (unpaired) electrons. The Bertz CT molecular complexity index is 2130. The normalized spacial score (nSPS) is 12.4. The number of nitrogens with two attached hydrogens (primary N) is 1. The number of hydrogen-bond donors (Lipinski definition) is 1. The number of allylic oxidation sites excluding steroid dienone is 3. The lowest BCUT2D eigenvalue weighted by atomic mass is 10.0. The third-order valence-corrected chi connectivity index (χ3v) is 8.08. The number of benzene rings is 5. The van der Waals surface area contributed by atoms with Gasteiger partial charge in [-0.2, -0.15) is 0 Å². The minimum atomic E-state index is 0.747. The van der Waals surface area contributed by atoms with Crippen LogP contribution in [0.2, 0.25) is 0 Å². The fraction of sp³-hybridized carbons (Fsp3) is 0.0513. The van der Waals surface area contributed by atoms with E-state index in [2.05, 4.69) is 126 Å². The van der Waals surface area contributed by atoms with Crippen molar-refractivity contribution in [2.24, 2.45) is 5.73 Å². The Kier molecular flexibility index (Phi) is 6.41. The zero-order chi connectivity index (χ0) is 28.6. The van der Waals surface area contributed by atoms with Gasteiger partial charge < -0.3 is 10.3 Å². The van der Waals surface area contributed by atoms with E-state index < -0.39 is 0 Å². The molecule has 0 fully saturated rings. The molecule has 0 unspecified atom stereocenters. The molecule has 0 aliphatic carbocycles.